The molecule has 0 bridgehead atoms. The van der Waals surface area contributed by atoms with Crippen LogP contribution >= 0.6 is 0 Å². The summed E-state index contributed by atoms with van der Waals surface area (Å²) >= 11 is 0. The monoisotopic (exact) mass is 275 g/mol. The van der Waals surface area contributed by atoms with E-state index in [-0.39, 0.29) is 0 Å². The summed E-state index contributed by atoms with van der Waals surface area (Å²) < 4.78 is 13.3. The molecule has 108 valence electrons. The fourth-order valence-corrected chi connectivity index (χ4v) is 2.76. The molecule has 1 aliphatic rings. The Morgan fingerprint density at radius 1 is 1.40 bits per heavy atom. The van der Waals surface area contributed by atoms with E-state index in [2.05, 4.69) is 22.5 Å². The maximum Gasteiger partial charge on any atom is 0.201 e. The Bertz CT molecular complexity index is 588. The lowest BCUT2D eigenvalue weighted by molar-refractivity contribution is 0.0711. The zero-order valence-corrected chi connectivity index (χ0v) is 11.8. The van der Waals surface area contributed by atoms with Crippen LogP contribution in [0.3, 0.4) is 0 Å². The molecule has 0 unspecified atom stereocenters. The molecule has 2 heterocycles. The molecule has 1 aromatic carbocycles. The normalized spacial score (nSPS) is 16.6. The molecule has 0 spiro atoms. The quantitative estimate of drug-likeness (QED) is 0.932. The highest BCUT2D eigenvalue weighted by Gasteiger charge is 2.21. The number of imidazole rings is 1. The highest BCUT2D eigenvalue weighted by Crippen LogP contribution is 2.33. The molecule has 0 radical (unpaired) electrons. The predicted molar refractivity (Wildman–Crippen MR) is 79.0 cm³/mol. The molecule has 3 rings (SSSR count). The van der Waals surface area contributed by atoms with Gasteiger partial charge in [0, 0.05) is 19.3 Å². The third-order valence-electron chi connectivity index (χ3n) is 3.73. The third kappa shape index (κ3) is 2.33. The lowest BCUT2D eigenvalue weighted by Crippen LogP contribution is -2.20. The van der Waals surface area contributed by atoms with Crippen LogP contribution in [0.1, 0.15) is 32.2 Å². The van der Waals surface area contributed by atoms with Crippen LogP contribution in [-0.2, 0) is 4.74 Å². The number of hydrogen-bond donors (Lipinski definition) is 1. The molecule has 2 N–H and O–H groups in total. The maximum absolute atomic E-state index is 6.14. The van der Waals surface area contributed by atoms with Crippen molar-refractivity contribution in [2.75, 3.05) is 25.6 Å². The number of benzene rings is 1. The summed E-state index contributed by atoms with van der Waals surface area (Å²) in [5, 5.41) is 0. The van der Waals surface area contributed by atoms with Gasteiger partial charge in [0.25, 0.3) is 0 Å². The van der Waals surface area contributed by atoms with Crippen LogP contribution in [0.2, 0.25) is 0 Å². The first-order valence-corrected chi connectivity index (χ1v) is 7.28. The molecule has 2 aromatic rings. The molecule has 1 aromatic heterocycles. The Labute approximate surface area is 118 Å². The van der Waals surface area contributed by atoms with Gasteiger partial charge in [0.2, 0.25) is 5.95 Å². The Hall–Kier alpha value is -1.75. The molecular weight excluding hydrogens is 254 g/mol. The van der Waals surface area contributed by atoms with E-state index in [9.17, 15) is 0 Å². The summed E-state index contributed by atoms with van der Waals surface area (Å²) in [4.78, 5) is 4.52. The van der Waals surface area contributed by atoms with Gasteiger partial charge < -0.3 is 19.8 Å². The van der Waals surface area contributed by atoms with Crippen molar-refractivity contribution >= 4 is 17.0 Å². The lowest BCUT2D eigenvalue weighted by atomic mass is 10.1. The van der Waals surface area contributed by atoms with Crippen LogP contribution in [0.15, 0.2) is 18.2 Å². The summed E-state index contributed by atoms with van der Waals surface area (Å²) in [5.74, 6) is 1.39. The number of fused-ring (bicyclic) bond motifs is 1. The average Bonchev–Trinajstić information content (AvgIpc) is 2.82. The van der Waals surface area contributed by atoms with Crippen LogP contribution in [0, 0.1) is 0 Å². The second-order valence-electron chi connectivity index (χ2n) is 5.16. The number of para-hydroxylation sites is 1. The minimum atomic E-state index is 0.371. The second-order valence-corrected chi connectivity index (χ2v) is 5.16. The van der Waals surface area contributed by atoms with Gasteiger partial charge in [-0.15, -0.1) is 0 Å². The average molecular weight is 275 g/mol. The van der Waals surface area contributed by atoms with Crippen molar-refractivity contribution in [2.45, 2.75) is 32.2 Å². The largest absolute Gasteiger partial charge is 0.491 e. The smallest absolute Gasteiger partial charge is 0.201 e. The van der Waals surface area contributed by atoms with E-state index in [0.29, 0.717) is 18.6 Å². The highest BCUT2D eigenvalue weighted by atomic mass is 16.5. The van der Waals surface area contributed by atoms with Gasteiger partial charge in [-0.1, -0.05) is 13.0 Å². The molecule has 0 atom stereocenters. The topological polar surface area (TPSA) is 62.3 Å². The molecule has 5 heteroatoms. The van der Waals surface area contributed by atoms with Crippen molar-refractivity contribution in [1.82, 2.24) is 9.55 Å². The van der Waals surface area contributed by atoms with Crippen molar-refractivity contribution in [3.05, 3.63) is 18.2 Å². The minimum absolute atomic E-state index is 0.371. The Morgan fingerprint density at radius 2 is 2.20 bits per heavy atom. The van der Waals surface area contributed by atoms with Crippen LogP contribution in [0.4, 0.5) is 5.95 Å². The highest BCUT2D eigenvalue weighted by molar-refractivity contribution is 5.84. The van der Waals surface area contributed by atoms with Gasteiger partial charge in [-0.25, -0.2) is 4.98 Å². The van der Waals surface area contributed by atoms with Gasteiger partial charge in [0.15, 0.2) is 0 Å². The maximum atomic E-state index is 6.14. The number of nitrogens with zero attached hydrogens (tertiary/aromatic N) is 2. The summed E-state index contributed by atoms with van der Waals surface area (Å²) in [5.41, 5.74) is 8.06. The summed E-state index contributed by atoms with van der Waals surface area (Å²) in [6, 6.07) is 6.39. The van der Waals surface area contributed by atoms with Gasteiger partial charge in [-0.3, -0.25) is 0 Å². The summed E-state index contributed by atoms with van der Waals surface area (Å²) in [6.07, 6.45) is 2.94. The van der Waals surface area contributed by atoms with Crippen molar-refractivity contribution in [3.8, 4) is 5.75 Å². The van der Waals surface area contributed by atoms with Gasteiger partial charge in [0.1, 0.15) is 11.3 Å². The molecule has 1 saturated heterocycles. The Kier molecular flexibility index (Phi) is 3.78. The molecule has 0 saturated carbocycles. The van der Waals surface area contributed by atoms with Gasteiger partial charge in [-0.2, -0.15) is 0 Å². The predicted octanol–water partition coefficient (Wildman–Crippen LogP) is 2.76. The van der Waals surface area contributed by atoms with Crippen molar-refractivity contribution in [3.63, 3.8) is 0 Å². The zero-order chi connectivity index (χ0) is 13.9. The lowest BCUT2D eigenvalue weighted by Gasteiger charge is -2.24. The first-order valence-electron chi connectivity index (χ1n) is 7.28. The third-order valence-corrected chi connectivity index (χ3v) is 3.73. The Balaban J connectivity index is 2.02. The van der Waals surface area contributed by atoms with Crippen molar-refractivity contribution < 1.29 is 9.47 Å². The molecular formula is C15H21N3O2. The van der Waals surface area contributed by atoms with Crippen LogP contribution in [0.5, 0.6) is 5.75 Å². The fourth-order valence-electron chi connectivity index (χ4n) is 2.76. The van der Waals surface area contributed by atoms with Gasteiger partial charge in [0.05, 0.1) is 12.1 Å². The van der Waals surface area contributed by atoms with E-state index in [1.165, 1.54) is 0 Å². The molecule has 5 nitrogen and oxygen atoms in total. The number of aromatic nitrogens is 2. The first kappa shape index (κ1) is 13.2. The molecule has 0 aliphatic carbocycles. The van der Waals surface area contributed by atoms with Crippen molar-refractivity contribution in [1.29, 1.82) is 0 Å². The summed E-state index contributed by atoms with van der Waals surface area (Å²) in [6.45, 7) is 4.36. The number of rotatable bonds is 4. The second kappa shape index (κ2) is 5.71. The first-order chi connectivity index (χ1) is 9.81. The van der Waals surface area contributed by atoms with E-state index >= 15 is 0 Å². The number of anilines is 1. The van der Waals surface area contributed by atoms with Gasteiger partial charge in [-0.05, 0) is 31.4 Å². The number of hydrogen-bond acceptors (Lipinski definition) is 4. The minimum Gasteiger partial charge on any atom is -0.491 e. The van der Waals surface area contributed by atoms with Crippen LogP contribution in [0.25, 0.3) is 11.0 Å². The Morgan fingerprint density at radius 3 is 2.95 bits per heavy atom. The number of ether oxygens (including phenoxy) is 2. The van der Waals surface area contributed by atoms with E-state index in [1.807, 2.05) is 12.1 Å². The van der Waals surface area contributed by atoms with E-state index in [4.69, 9.17) is 15.2 Å². The molecule has 0 amide bonds. The standard InChI is InChI=1S/C15H21N3O2/c1-2-8-20-13-5-3-4-12-14(13)17-15(16)18(12)11-6-9-19-10-7-11/h3-5,11H,2,6-10H2,1H3,(H2,16,17). The molecule has 1 fully saturated rings. The zero-order valence-electron chi connectivity index (χ0n) is 11.8. The van der Waals surface area contributed by atoms with Crippen LogP contribution < -0.4 is 10.5 Å². The molecule has 20 heavy (non-hydrogen) atoms. The molecule has 1 aliphatic heterocycles. The number of nitrogen functional groups attached to an aromatic ring is 1. The summed E-state index contributed by atoms with van der Waals surface area (Å²) in [7, 11) is 0. The van der Waals surface area contributed by atoms with E-state index < -0.39 is 0 Å². The fraction of sp³-hybridized carbons (Fsp3) is 0.533. The van der Waals surface area contributed by atoms with Crippen molar-refractivity contribution in [2.24, 2.45) is 0 Å². The van der Waals surface area contributed by atoms with E-state index in [0.717, 1.165) is 49.3 Å². The SMILES string of the molecule is CCCOc1cccc2c1nc(N)n2C1CCOCC1. The van der Waals surface area contributed by atoms with E-state index in [1.54, 1.807) is 0 Å². The van der Waals surface area contributed by atoms with Gasteiger partial charge >= 0.3 is 0 Å². The number of nitrogens with two attached hydrogens (primary N) is 1. The van der Waals surface area contributed by atoms with Crippen LogP contribution in [-0.4, -0.2) is 29.4 Å².